The Kier molecular flexibility index (Phi) is 44.3. The minimum atomic E-state index is -0.853. The maximum Gasteiger partial charge on any atom is 0.335 e. The van der Waals surface area contributed by atoms with Gasteiger partial charge in [-0.15, -0.1) is 0 Å². The Balaban J connectivity index is 0.000000215. The zero-order chi connectivity index (χ0) is 94.6. The van der Waals surface area contributed by atoms with Crippen molar-refractivity contribution in [1.82, 2.24) is 45.3 Å². The van der Waals surface area contributed by atoms with Crippen molar-refractivity contribution in [2.45, 2.75) is 283 Å². The Hall–Kier alpha value is -11.3. The van der Waals surface area contributed by atoms with E-state index in [9.17, 15) is 29.4 Å². The standard InChI is InChI=1S/C29H37N3O.2C28H35N3O2.C21H24O2.C10H17N.3CH4.B/c1-5-27-21(3)28(31-30-27)19-32(4)29(33)25-14-11-22(12-15-25)17-23-13-16-26(18-23)20(2)24-9-7-6-8-10-24;2*1-4-25-19(2)26(30-29-25)18-31(3)28(33)23-13-10-20(11-14-23)16-21-12-15-24(17-21)27(32)22-8-6-5-7-9-22;1-15(18-5-3-2-4-6-18)20-12-9-17(14-20)13-16-7-10-19(11-8-16)21(22)23;1-4-6-10-8(3)9(5-2)7-11-10;;;;/h6-12,14-15,20,23,26H,5,13,16-19H2,1-4H3,(H,30,31);2*5-11,13-14,21,24,27,32H,4,12,15-18H2,1-3H3,(H,29,30);2-8,10-11,15,17,20H,9,12-14H2,1H3,(H,22,23);4-7H2,1-3H3;3*1H4;/t20-,23?,26+;21?,24-,27+;21-,24-,27+;15-,17?,20+;;;;;/m1001...../s1. The van der Waals surface area contributed by atoms with Gasteiger partial charge in [-0.2, -0.15) is 15.3 Å². The number of aliphatic imine (C=N–C) groups is 1. The van der Waals surface area contributed by atoms with Gasteiger partial charge in [0.1, 0.15) is 0 Å². The predicted molar refractivity (Wildman–Crippen MR) is 565 cm³/mol. The molecule has 6 N–H and O–H groups in total. The third kappa shape index (κ3) is 30.6. The number of aliphatic hydroxyl groups excluding tert-OH is 2. The molecule has 0 bridgehead atoms. The summed E-state index contributed by atoms with van der Waals surface area (Å²) in [6.07, 6.45) is 23.9. The van der Waals surface area contributed by atoms with Crippen LogP contribution in [0.4, 0.5) is 0 Å². The second-order valence-corrected chi connectivity index (χ2v) is 38.7. The summed E-state index contributed by atoms with van der Waals surface area (Å²) < 4.78 is 0. The third-order valence-corrected chi connectivity index (χ3v) is 29.7. The summed E-state index contributed by atoms with van der Waals surface area (Å²) in [4.78, 5) is 59.4. The van der Waals surface area contributed by atoms with Crippen LogP contribution >= 0.6 is 0 Å². The van der Waals surface area contributed by atoms with Gasteiger partial charge in [0.2, 0.25) is 0 Å². The van der Waals surface area contributed by atoms with Crippen molar-refractivity contribution in [3.05, 3.63) is 347 Å². The molecule has 8 aromatic carbocycles. The summed E-state index contributed by atoms with van der Waals surface area (Å²) in [7, 11) is 5.52. The number of aryl methyl sites for hydroxylation is 3. The van der Waals surface area contributed by atoms with Crippen LogP contribution in [0.2, 0.25) is 0 Å². The number of rotatable bonds is 32. The molecule has 0 saturated heterocycles. The van der Waals surface area contributed by atoms with Crippen molar-refractivity contribution in [3.63, 3.8) is 0 Å². The van der Waals surface area contributed by atoms with Crippen LogP contribution in [0.15, 0.2) is 235 Å². The second-order valence-electron chi connectivity index (χ2n) is 38.7. The van der Waals surface area contributed by atoms with E-state index in [1.807, 2.05) is 130 Å². The molecule has 0 spiro atoms. The van der Waals surface area contributed by atoms with Gasteiger partial charge in [0, 0.05) is 52.0 Å². The van der Waals surface area contributed by atoms with Crippen LogP contribution in [-0.4, -0.2) is 126 Å². The predicted octanol–water partition coefficient (Wildman–Crippen LogP) is 26.4. The number of nitrogens with zero attached hydrogens (tertiary/aromatic N) is 7. The summed E-state index contributed by atoms with van der Waals surface area (Å²) in [5, 5.41) is 52.7. The highest BCUT2D eigenvalue weighted by atomic mass is 16.4. The van der Waals surface area contributed by atoms with Crippen LogP contribution in [0.25, 0.3) is 0 Å². The van der Waals surface area contributed by atoms with E-state index >= 15 is 0 Å². The lowest BCUT2D eigenvalue weighted by Gasteiger charge is -2.20. The largest absolute Gasteiger partial charge is 0.478 e. The van der Waals surface area contributed by atoms with Crippen LogP contribution in [-0.2, 0) is 64.6 Å². The fourth-order valence-corrected chi connectivity index (χ4v) is 21.1. The van der Waals surface area contributed by atoms with Crippen LogP contribution in [0.3, 0.4) is 0 Å². The molecule has 16 rings (SSSR count). The van der Waals surface area contributed by atoms with E-state index in [1.165, 1.54) is 102 Å². The quantitative estimate of drug-likeness (QED) is 0.0218. The van der Waals surface area contributed by atoms with Gasteiger partial charge >= 0.3 is 5.97 Å². The molecule has 4 heterocycles. The molecule has 3 radical (unpaired) electrons. The van der Waals surface area contributed by atoms with E-state index < -0.39 is 5.97 Å². The fourth-order valence-electron chi connectivity index (χ4n) is 21.1. The number of H-pyrrole nitrogens is 3. The first-order valence-corrected chi connectivity index (χ1v) is 49.5. The van der Waals surface area contributed by atoms with Gasteiger partial charge in [-0.3, -0.25) is 34.7 Å². The Morgan fingerprint density at radius 1 is 0.372 bits per heavy atom. The Morgan fingerprint density at radius 3 is 0.898 bits per heavy atom. The Bertz CT molecular complexity index is 5130. The highest BCUT2D eigenvalue weighted by Crippen LogP contribution is 2.45. The van der Waals surface area contributed by atoms with Crippen LogP contribution in [0.1, 0.15) is 335 Å². The van der Waals surface area contributed by atoms with Crippen LogP contribution in [0, 0.1) is 68.1 Å². The van der Waals surface area contributed by atoms with E-state index in [0.717, 1.165) is 188 Å². The number of carboxylic acid groups (broad SMARTS) is 1. The molecule has 11 aromatic rings. The highest BCUT2D eigenvalue weighted by molar-refractivity contribution is 6.02. The molecule has 731 valence electrons. The van der Waals surface area contributed by atoms with E-state index in [4.69, 9.17) is 5.11 Å². The summed E-state index contributed by atoms with van der Waals surface area (Å²) in [5.74, 6) is 5.27. The van der Waals surface area contributed by atoms with Crippen molar-refractivity contribution in [2.75, 3.05) is 27.7 Å². The number of hydrogen-bond acceptors (Lipinski definition) is 10. The number of aliphatic hydroxyl groups is 2. The lowest BCUT2D eigenvalue weighted by atomic mass is 9.85. The minimum absolute atomic E-state index is 0. The number of hydrogen-bond donors (Lipinski definition) is 6. The molecule has 4 saturated carbocycles. The fraction of sp³-hybridized carbons (Fsp3) is 0.462. The van der Waals surface area contributed by atoms with E-state index in [-0.39, 0.29) is 60.6 Å². The van der Waals surface area contributed by atoms with Gasteiger partial charge in [0.25, 0.3) is 17.7 Å². The van der Waals surface area contributed by atoms with Crippen molar-refractivity contribution in [1.29, 1.82) is 0 Å². The number of carboxylic acids is 1. The van der Waals surface area contributed by atoms with Crippen LogP contribution < -0.4 is 0 Å². The molecule has 17 nitrogen and oxygen atoms in total. The molecule has 1 aliphatic heterocycles. The highest BCUT2D eigenvalue weighted by Gasteiger charge is 2.35. The van der Waals surface area contributed by atoms with Gasteiger partial charge in [-0.05, 0) is 343 Å². The average Bonchev–Trinajstić information content (AvgIpc) is 1.66. The van der Waals surface area contributed by atoms with Crippen molar-refractivity contribution >= 4 is 37.8 Å². The molecule has 3 unspecified atom stereocenters. The smallest absolute Gasteiger partial charge is 0.335 e. The number of aromatic amines is 3. The maximum absolute atomic E-state index is 12.9. The third-order valence-electron chi connectivity index (χ3n) is 29.7. The first-order valence-electron chi connectivity index (χ1n) is 49.5. The number of carbonyl (C=O) groups excluding carboxylic acids is 3. The van der Waals surface area contributed by atoms with Gasteiger partial charge in [-0.25, -0.2) is 4.79 Å². The molecule has 4 aliphatic carbocycles. The lowest BCUT2D eigenvalue weighted by Crippen LogP contribution is -2.26. The van der Waals surface area contributed by atoms with E-state index in [0.29, 0.717) is 71.8 Å². The molecule has 5 aliphatic rings. The monoisotopic (exact) mass is 1850 g/mol. The topological polar surface area (TPSA) is 237 Å². The first-order chi connectivity index (χ1) is 64.3. The SMILES string of the molecule is C.C.C.CCCC1=NCC(CC)=C1C.CCc1n[nH]c(CN(C)C(=O)c2ccc(CC3CC[C@H]([C@H](C)c4ccccc4)C3)cc2)c1C.CCc1n[nH]c(CN(C)C(=O)c2ccc(CC3CC[C@H]([C@H](O)c4ccccc4)C3)cc2)c1C.CCc1n[nH]c(CN(C)C(=O)c2ccc(C[C@@H]3CC[C@H]([C@H](O)c4ccccc4)C3)cc2)c1C.C[C@H](c1ccccc1)[C@H]1CCC(Cc2ccc(C(=O)O)cc2)C1.[B]. The van der Waals surface area contributed by atoms with Crippen molar-refractivity contribution in [3.8, 4) is 0 Å². The number of nitrogens with one attached hydrogen (secondary N) is 3. The minimum Gasteiger partial charge on any atom is -0.478 e. The maximum atomic E-state index is 12.9. The number of aromatic nitrogens is 6. The van der Waals surface area contributed by atoms with Crippen LogP contribution in [0.5, 0.6) is 0 Å². The lowest BCUT2D eigenvalue weighted by molar-refractivity contribution is 0.0694. The molecular weight excluding hydrogens is 1690 g/mol. The molecule has 18 heteroatoms. The molecule has 3 amide bonds. The van der Waals surface area contributed by atoms with Gasteiger partial charge in [0.15, 0.2) is 0 Å². The normalized spacial score (nSPS) is 18.8. The molecule has 3 aromatic heterocycles. The average molecular weight is 1850 g/mol. The van der Waals surface area contributed by atoms with Gasteiger partial charge in [0.05, 0.1) is 78.1 Å². The molecular formula is C119H160BN10O7. The number of benzene rings is 8. The zero-order valence-corrected chi connectivity index (χ0v) is 82.3. The number of carbonyl (C=O) groups is 4. The summed E-state index contributed by atoms with van der Waals surface area (Å²) in [6, 6.07) is 73.5. The molecule has 4 fully saturated rings. The summed E-state index contributed by atoms with van der Waals surface area (Å²) in [6.45, 7) is 26.4. The zero-order valence-electron chi connectivity index (χ0n) is 82.3. The number of allylic oxidation sites excluding steroid dienone is 1. The molecule has 12 atom stereocenters. The summed E-state index contributed by atoms with van der Waals surface area (Å²) in [5.41, 5.74) is 26.6. The molecule has 137 heavy (non-hydrogen) atoms. The first kappa shape index (κ1) is 111. The van der Waals surface area contributed by atoms with E-state index in [2.05, 4.69) is 209 Å². The van der Waals surface area contributed by atoms with E-state index in [1.54, 1.807) is 26.8 Å². The Morgan fingerprint density at radius 2 is 0.642 bits per heavy atom. The Labute approximate surface area is 823 Å². The summed E-state index contributed by atoms with van der Waals surface area (Å²) >= 11 is 0. The van der Waals surface area contributed by atoms with Gasteiger partial charge < -0.3 is 30.0 Å². The van der Waals surface area contributed by atoms with Crippen molar-refractivity contribution in [2.24, 2.45) is 52.3 Å². The second kappa shape index (κ2) is 54.7. The van der Waals surface area contributed by atoms with Crippen molar-refractivity contribution < 1.29 is 34.5 Å². The number of aromatic carboxylic acids is 1. The van der Waals surface area contributed by atoms with Gasteiger partial charge in [-0.1, -0.05) is 247 Å². The number of amides is 3.